The molecule has 2 fully saturated rings. The van der Waals surface area contributed by atoms with E-state index in [-0.39, 0.29) is 0 Å². The van der Waals surface area contributed by atoms with Crippen molar-refractivity contribution in [2.24, 2.45) is 22.6 Å². The van der Waals surface area contributed by atoms with E-state index in [0.29, 0.717) is 23.9 Å². The molecular weight excluding hydrogens is 322 g/mol. The van der Waals surface area contributed by atoms with Crippen molar-refractivity contribution >= 4 is 11.6 Å². The van der Waals surface area contributed by atoms with Crippen molar-refractivity contribution in [3.63, 3.8) is 0 Å². The van der Waals surface area contributed by atoms with Crippen molar-refractivity contribution in [3.8, 4) is 0 Å². The van der Waals surface area contributed by atoms with Crippen LogP contribution in [0.4, 0.5) is 5.69 Å². The van der Waals surface area contributed by atoms with Crippen LogP contribution in [0.1, 0.15) is 39.5 Å². The summed E-state index contributed by atoms with van der Waals surface area (Å²) in [5.74, 6) is 2.38. The Bertz CT molecular complexity index is 563. The number of aliphatic imine (C=N–C) groups is 1. The number of para-hydroxylation sites is 1. The first-order valence-corrected chi connectivity index (χ1v) is 10.2. The Balaban J connectivity index is 1.71. The Morgan fingerprint density at radius 3 is 2.54 bits per heavy atom. The normalized spacial score (nSPS) is 30.3. The topological polar surface area (TPSA) is 65.7 Å². The lowest BCUT2D eigenvalue weighted by Crippen LogP contribution is -2.57. The maximum Gasteiger partial charge on any atom is 0.198 e. The van der Waals surface area contributed by atoms with Crippen LogP contribution in [0.25, 0.3) is 0 Å². The molecule has 0 aromatic heterocycles. The molecule has 4 N–H and O–H groups in total. The minimum absolute atomic E-state index is 0.470. The highest BCUT2D eigenvalue weighted by molar-refractivity contribution is 5.93. The lowest BCUT2D eigenvalue weighted by molar-refractivity contribution is 0.251. The van der Waals surface area contributed by atoms with Crippen molar-refractivity contribution in [1.82, 2.24) is 10.2 Å². The number of anilines is 1. The lowest BCUT2D eigenvalue weighted by atomic mass is 9.81. The van der Waals surface area contributed by atoms with Gasteiger partial charge in [-0.05, 0) is 63.6 Å². The zero-order valence-corrected chi connectivity index (χ0v) is 16.3. The molecule has 1 saturated heterocycles. The van der Waals surface area contributed by atoms with E-state index in [9.17, 15) is 0 Å². The number of nitrogens with zero attached hydrogens (tertiary/aromatic N) is 2. The van der Waals surface area contributed by atoms with E-state index < -0.39 is 0 Å². The Kier molecular flexibility index (Phi) is 6.92. The number of piperazine rings is 1. The van der Waals surface area contributed by atoms with Crippen LogP contribution in [-0.4, -0.2) is 49.1 Å². The van der Waals surface area contributed by atoms with Gasteiger partial charge in [-0.25, -0.2) is 0 Å². The fourth-order valence-corrected chi connectivity index (χ4v) is 4.37. The predicted octanol–water partition coefficient (Wildman–Crippen LogP) is 2.90. The Morgan fingerprint density at radius 1 is 1.15 bits per heavy atom. The SMILES string of the molecule is CC1CN(C(=NCC2CCCC(CN)C2)Nc2ccccc2)CC(C)N1. The van der Waals surface area contributed by atoms with Crippen LogP contribution >= 0.6 is 0 Å². The van der Waals surface area contributed by atoms with Crippen molar-refractivity contribution in [2.75, 3.05) is 31.5 Å². The average Bonchev–Trinajstić information content (AvgIpc) is 2.65. The average molecular weight is 358 g/mol. The fraction of sp³-hybridized carbons (Fsp3) is 0.667. The summed E-state index contributed by atoms with van der Waals surface area (Å²) < 4.78 is 0. The summed E-state index contributed by atoms with van der Waals surface area (Å²) in [5.41, 5.74) is 7.01. The van der Waals surface area contributed by atoms with E-state index in [1.165, 1.54) is 25.7 Å². The molecule has 26 heavy (non-hydrogen) atoms. The molecule has 1 aliphatic heterocycles. The number of nitrogens with one attached hydrogen (secondary N) is 2. The number of guanidine groups is 1. The van der Waals surface area contributed by atoms with Crippen LogP contribution in [0.2, 0.25) is 0 Å². The summed E-state index contributed by atoms with van der Waals surface area (Å²) in [4.78, 5) is 7.47. The molecule has 1 aliphatic carbocycles. The van der Waals surface area contributed by atoms with Gasteiger partial charge in [-0.2, -0.15) is 0 Å². The summed E-state index contributed by atoms with van der Waals surface area (Å²) in [5, 5.41) is 7.19. The number of benzene rings is 1. The molecule has 4 atom stereocenters. The van der Waals surface area contributed by atoms with Gasteiger partial charge in [0, 0.05) is 37.4 Å². The maximum absolute atomic E-state index is 5.91. The Morgan fingerprint density at radius 2 is 1.85 bits per heavy atom. The third-order valence-corrected chi connectivity index (χ3v) is 5.61. The second kappa shape index (κ2) is 9.38. The van der Waals surface area contributed by atoms with Crippen LogP contribution < -0.4 is 16.4 Å². The second-order valence-electron chi connectivity index (χ2n) is 8.16. The van der Waals surface area contributed by atoms with Crippen molar-refractivity contribution in [1.29, 1.82) is 0 Å². The van der Waals surface area contributed by atoms with Gasteiger partial charge in [0.2, 0.25) is 0 Å². The quantitative estimate of drug-likeness (QED) is 0.573. The standard InChI is InChI=1S/C21H35N5/c1-16-14-26(15-17(2)24-16)21(25-20-9-4-3-5-10-20)23-13-19-8-6-7-18(11-19)12-22/h3-5,9-10,16-19,24H,6-8,11-15,22H2,1-2H3,(H,23,25). The molecule has 5 heteroatoms. The van der Waals surface area contributed by atoms with E-state index in [1.807, 2.05) is 6.07 Å². The van der Waals surface area contributed by atoms with Gasteiger partial charge in [-0.3, -0.25) is 4.99 Å². The monoisotopic (exact) mass is 357 g/mol. The molecule has 1 saturated carbocycles. The van der Waals surface area contributed by atoms with Crippen molar-refractivity contribution in [3.05, 3.63) is 30.3 Å². The van der Waals surface area contributed by atoms with Gasteiger partial charge in [0.05, 0.1) is 0 Å². The number of hydrogen-bond acceptors (Lipinski definition) is 3. The van der Waals surface area contributed by atoms with Crippen molar-refractivity contribution < 1.29 is 0 Å². The van der Waals surface area contributed by atoms with E-state index in [4.69, 9.17) is 10.7 Å². The summed E-state index contributed by atoms with van der Waals surface area (Å²) >= 11 is 0. The lowest BCUT2D eigenvalue weighted by Gasteiger charge is -2.38. The number of rotatable bonds is 4. The molecule has 4 unspecified atom stereocenters. The fourth-order valence-electron chi connectivity index (χ4n) is 4.37. The Hall–Kier alpha value is -1.59. The summed E-state index contributed by atoms with van der Waals surface area (Å²) in [6, 6.07) is 11.3. The van der Waals surface area contributed by atoms with Gasteiger partial charge in [-0.1, -0.05) is 24.6 Å². The summed E-state index contributed by atoms with van der Waals surface area (Å²) in [7, 11) is 0. The van der Waals surface area contributed by atoms with Crippen LogP contribution in [-0.2, 0) is 0 Å². The highest BCUT2D eigenvalue weighted by Crippen LogP contribution is 2.28. The molecule has 0 spiro atoms. The minimum atomic E-state index is 0.470. The highest BCUT2D eigenvalue weighted by Gasteiger charge is 2.25. The number of hydrogen-bond donors (Lipinski definition) is 3. The molecule has 2 aliphatic rings. The van der Waals surface area contributed by atoms with Crippen LogP contribution in [0.5, 0.6) is 0 Å². The first-order chi connectivity index (χ1) is 12.6. The molecule has 1 aromatic rings. The predicted molar refractivity (Wildman–Crippen MR) is 111 cm³/mol. The molecule has 1 aromatic carbocycles. The summed E-state index contributed by atoms with van der Waals surface area (Å²) in [6.45, 7) is 8.18. The van der Waals surface area contributed by atoms with Gasteiger partial charge < -0.3 is 21.3 Å². The van der Waals surface area contributed by atoms with E-state index >= 15 is 0 Å². The third-order valence-electron chi connectivity index (χ3n) is 5.61. The highest BCUT2D eigenvalue weighted by atomic mass is 15.3. The molecular formula is C21H35N5. The van der Waals surface area contributed by atoms with Gasteiger partial charge in [0.1, 0.15) is 0 Å². The molecule has 1 heterocycles. The van der Waals surface area contributed by atoms with Gasteiger partial charge in [-0.15, -0.1) is 0 Å². The largest absolute Gasteiger partial charge is 0.340 e. The molecule has 0 bridgehead atoms. The van der Waals surface area contributed by atoms with E-state index in [2.05, 4.69) is 53.6 Å². The summed E-state index contributed by atoms with van der Waals surface area (Å²) in [6.07, 6.45) is 5.10. The molecule has 5 nitrogen and oxygen atoms in total. The first kappa shape index (κ1) is 19.2. The smallest absolute Gasteiger partial charge is 0.198 e. The zero-order chi connectivity index (χ0) is 18.4. The van der Waals surface area contributed by atoms with Gasteiger partial charge in [0.15, 0.2) is 5.96 Å². The van der Waals surface area contributed by atoms with Crippen LogP contribution in [0, 0.1) is 11.8 Å². The molecule has 144 valence electrons. The molecule has 0 amide bonds. The Labute approximate surface area is 158 Å². The number of nitrogens with two attached hydrogens (primary N) is 1. The first-order valence-electron chi connectivity index (χ1n) is 10.2. The van der Waals surface area contributed by atoms with Crippen LogP contribution in [0.3, 0.4) is 0 Å². The zero-order valence-electron chi connectivity index (χ0n) is 16.3. The van der Waals surface area contributed by atoms with Crippen LogP contribution in [0.15, 0.2) is 35.3 Å². The van der Waals surface area contributed by atoms with E-state index in [0.717, 1.165) is 37.8 Å². The molecule has 3 rings (SSSR count). The van der Waals surface area contributed by atoms with Crippen molar-refractivity contribution in [2.45, 2.75) is 51.6 Å². The van der Waals surface area contributed by atoms with Gasteiger partial charge >= 0.3 is 0 Å². The van der Waals surface area contributed by atoms with E-state index in [1.54, 1.807) is 0 Å². The minimum Gasteiger partial charge on any atom is -0.340 e. The molecule has 0 radical (unpaired) electrons. The second-order valence-corrected chi connectivity index (χ2v) is 8.16. The maximum atomic E-state index is 5.91. The third kappa shape index (κ3) is 5.45. The van der Waals surface area contributed by atoms with Gasteiger partial charge in [0.25, 0.3) is 0 Å².